The molecule has 1 atom stereocenters. The third-order valence-electron chi connectivity index (χ3n) is 3.57. The molecule has 0 saturated carbocycles. The summed E-state index contributed by atoms with van der Waals surface area (Å²) in [5, 5.41) is 20.3. The number of aliphatic carboxylic acids is 1. The van der Waals surface area contributed by atoms with Gasteiger partial charge in [-0.2, -0.15) is 4.31 Å². The number of rotatable bonds is 10. The number of carboxylic acid groups (broad SMARTS) is 1. The number of carboxylic acids is 1. The van der Waals surface area contributed by atoms with Crippen LogP contribution in [-0.4, -0.2) is 53.9 Å². The Balaban J connectivity index is 3.38. The Labute approximate surface area is 156 Å². The maximum atomic E-state index is 13.0. The van der Waals surface area contributed by atoms with Gasteiger partial charge >= 0.3 is 11.9 Å². The van der Waals surface area contributed by atoms with Crippen LogP contribution in [0.1, 0.15) is 27.2 Å². The molecule has 1 N–H and O–H groups in total. The van der Waals surface area contributed by atoms with Crippen molar-refractivity contribution in [2.45, 2.75) is 38.1 Å². The van der Waals surface area contributed by atoms with Crippen molar-refractivity contribution in [1.29, 1.82) is 0 Å². The number of esters is 1. The first-order chi connectivity index (χ1) is 12.5. The summed E-state index contributed by atoms with van der Waals surface area (Å²) in [6, 6.07) is 2.50. The molecule has 0 saturated heterocycles. The first-order valence-electron chi connectivity index (χ1n) is 8.15. The summed E-state index contributed by atoms with van der Waals surface area (Å²) in [4.78, 5) is 33.3. The smallest absolute Gasteiger partial charge is 0.322 e. The highest BCUT2D eigenvalue weighted by Crippen LogP contribution is 2.24. The second-order valence-corrected chi connectivity index (χ2v) is 7.98. The average molecular weight is 402 g/mol. The molecule has 0 spiro atoms. The Kier molecular flexibility index (Phi) is 7.85. The molecule has 0 unspecified atom stereocenters. The Morgan fingerprint density at radius 3 is 2.22 bits per heavy atom. The van der Waals surface area contributed by atoms with Crippen molar-refractivity contribution in [3.05, 3.63) is 34.4 Å². The topological polar surface area (TPSA) is 144 Å². The normalized spacial score (nSPS) is 12.8. The van der Waals surface area contributed by atoms with Crippen molar-refractivity contribution in [2.24, 2.45) is 5.92 Å². The van der Waals surface area contributed by atoms with E-state index in [9.17, 15) is 33.2 Å². The highest BCUT2D eigenvalue weighted by molar-refractivity contribution is 7.89. The number of benzene rings is 1. The molecule has 10 nitrogen and oxygen atoms in total. The predicted molar refractivity (Wildman–Crippen MR) is 94.5 cm³/mol. The first kappa shape index (κ1) is 22.5. The van der Waals surface area contributed by atoms with Crippen LogP contribution in [-0.2, 0) is 24.3 Å². The van der Waals surface area contributed by atoms with E-state index in [4.69, 9.17) is 4.74 Å². The van der Waals surface area contributed by atoms with Crippen molar-refractivity contribution in [1.82, 2.24) is 4.31 Å². The van der Waals surface area contributed by atoms with Crippen LogP contribution in [0.5, 0.6) is 0 Å². The summed E-state index contributed by atoms with van der Waals surface area (Å²) < 4.78 is 31.3. The molecule has 0 aromatic heterocycles. The van der Waals surface area contributed by atoms with Gasteiger partial charge in [0.15, 0.2) is 0 Å². The second-order valence-electron chi connectivity index (χ2n) is 6.09. The number of nitro benzene ring substituents is 1. The summed E-state index contributed by atoms with van der Waals surface area (Å²) in [6.07, 6.45) is -0.0268. The fourth-order valence-electron chi connectivity index (χ4n) is 2.36. The van der Waals surface area contributed by atoms with Gasteiger partial charge in [-0.3, -0.25) is 19.7 Å². The fourth-order valence-corrected chi connectivity index (χ4v) is 3.90. The van der Waals surface area contributed by atoms with E-state index in [2.05, 4.69) is 0 Å². The van der Waals surface area contributed by atoms with E-state index in [0.29, 0.717) is 4.31 Å². The Hall–Kier alpha value is -2.53. The van der Waals surface area contributed by atoms with Crippen molar-refractivity contribution < 1.29 is 32.8 Å². The minimum absolute atomic E-state index is 0.00612. The number of carbonyl (C=O) groups excluding carboxylic acids is 1. The number of hydrogen-bond donors (Lipinski definition) is 1. The fraction of sp³-hybridized carbons (Fsp3) is 0.500. The molecule has 1 rings (SSSR count). The van der Waals surface area contributed by atoms with Gasteiger partial charge in [-0.05, 0) is 31.4 Å². The summed E-state index contributed by atoms with van der Waals surface area (Å²) in [5.41, 5.74) is -0.317. The van der Waals surface area contributed by atoms with Gasteiger partial charge in [0, 0.05) is 12.1 Å². The maximum absolute atomic E-state index is 13.0. The van der Waals surface area contributed by atoms with E-state index in [1.54, 1.807) is 13.8 Å². The zero-order valence-corrected chi connectivity index (χ0v) is 16.0. The molecule has 0 radical (unpaired) electrons. The molecule has 0 bridgehead atoms. The van der Waals surface area contributed by atoms with Gasteiger partial charge in [0.25, 0.3) is 5.69 Å². The predicted octanol–water partition coefficient (Wildman–Crippen LogP) is 1.65. The van der Waals surface area contributed by atoms with E-state index in [1.807, 2.05) is 0 Å². The summed E-state index contributed by atoms with van der Waals surface area (Å²) in [7, 11) is -4.42. The van der Waals surface area contributed by atoms with Crippen LogP contribution in [0.25, 0.3) is 0 Å². The largest absolute Gasteiger partial charge is 0.480 e. The summed E-state index contributed by atoms with van der Waals surface area (Å²) >= 11 is 0. The molecule has 0 fully saturated rings. The Morgan fingerprint density at radius 2 is 1.81 bits per heavy atom. The van der Waals surface area contributed by atoms with E-state index in [0.717, 1.165) is 24.3 Å². The third-order valence-corrected chi connectivity index (χ3v) is 5.44. The van der Waals surface area contributed by atoms with Gasteiger partial charge < -0.3 is 9.84 Å². The SMILES string of the molecule is CCOC(=O)CN([C@@H](CC(C)C)C(=O)O)S(=O)(=O)c1ccc([N+](=O)[O-])cc1. The van der Waals surface area contributed by atoms with Crippen molar-refractivity contribution in [3.63, 3.8) is 0 Å². The number of sulfonamides is 1. The maximum Gasteiger partial charge on any atom is 0.322 e. The molecule has 0 aliphatic rings. The highest BCUT2D eigenvalue weighted by Gasteiger charge is 2.38. The van der Waals surface area contributed by atoms with Crippen molar-refractivity contribution >= 4 is 27.6 Å². The van der Waals surface area contributed by atoms with Gasteiger partial charge in [-0.15, -0.1) is 0 Å². The van der Waals surface area contributed by atoms with Crippen molar-refractivity contribution in [3.8, 4) is 0 Å². The lowest BCUT2D eigenvalue weighted by molar-refractivity contribution is -0.384. The van der Waals surface area contributed by atoms with E-state index in [1.165, 1.54) is 6.92 Å². The lowest BCUT2D eigenvalue weighted by Crippen LogP contribution is -2.48. The number of nitro groups is 1. The van der Waals surface area contributed by atoms with Crippen LogP contribution in [0.4, 0.5) is 5.69 Å². The molecule has 0 aliphatic carbocycles. The number of carbonyl (C=O) groups is 2. The quantitative estimate of drug-likeness (QED) is 0.353. The number of ether oxygens (including phenoxy) is 1. The van der Waals surface area contributed by atoms with Crippen LogP contribution < -0.4 is 0 Å². The number of nitrogens with zero attached hydrogens (tertiary/aromatic N) is 2. The molecule has 0 amide bonds. The summed E-state index contributed by atoms with van der Waals surface area (Å²) in [6.45, 7) is 4.20. The Bertz CT molecular complexity index is 789. The Morgan fingerprint density at radius 1 is 1.26 bits per heavy atom. The van der Waals surface area contributed by atoms with Crippen LogP contribution in [0.2, 0.25) is 0 Å². The van der Waals surface area contributed by atoms with Crippen LogP contribution in [0.15, 0.2) is 29.2 Å². The summed E-state index contributed by atoms with van der Waals surface area (Å²) in [5.74, 6) is -2.46. The van der Waals surface area contributed by atoms with Crippen LogP contribution >= 0.6 is 0 Å². The molecular weight excluding hydrogens is 380 g/mol. The molecule has 150 valence electrons. The number of hydrogen-bond acceptors (Lipinski definition) is 7. The highest BCUT2D eigenvalue weighted by atomic mass is 32.2. The molecule has 27 heavy (non-hydrogen) atoms. The van der Waals surface area contributed by atoms with Gasteiger partial charge in [-0.25, -0.2) is 8.42 Å². The van der Waals surface area contributed by atoms with Gasteiger partial charge in [0.2, 0.25) is 10.0 Å². The first-order valence-corrected chi connectivity index (χ1v) is 9.59. The third kappa shape index (κ3) is 6.00. The van der Waals surface area contributed by atoms with Gasteiger partial charge in [0.1, 0.15) is 12.6 Å². The molecule has 11 heteroatoms. The molecule has 1 aromatic carbocycles. The monoisotopic (exact) mass is 402 g/mol. The minimum Gasteiger partial charge on any atom is -0.480 e. The van der Waals surface area contributed by atoms with E-state index in [-0.39, 0.29) is 29.5 Å². The zero-order chi connectivity index (χ0) is 20.8. The minimum atomic E-state index is -4.42. The number of non-ortho nitro benzene ring substituents is 1. The van der Waals surface area contributed by atoms with Crippen LogP contribution in [0, 0.1) is 16.0 Å². The molecular formula is C16H22N2O8S. The zero-order valence-electron chi connectivity index (χ0n) is 15.2. The van der Waals surface area contributed by atoms with Gasteiger partial charge in [-0.1, -0.05) is 13.8 Å². The van der Waals surface area contributed by atoms with E-state index < -0.39 is 39.5 Å². The van der Waals surface area contributed by atoms with Crippen molar-refractivity contribution in [2.75, 3.05) is 13.2 Å². The van der Waals surface area contributed by atoms with Crippen LogP contribution in [0.3, 0.4) is 0 Å². The van der Waals surface area contributed by atoms with E-state index >= 15 is 0 Å². The lowest BCUT2D eigenvalue weighted by atomic mass is 10.0. The molecule has 0 heterocycles. The average Bonchev–Trinajstić information content (AvgIpc) is 2.57. The second kappa shape index (κ2) is 9.42. The molecule has 1 aromatic rings. The van der Waals surface area contributed by atoms with Gasteiger partial charge in [0.05, 0.1) is 16.4 Å². The lowest BCUT2D eigenvalue weighted by Gasteiger charge is -2.28. The molecule has 0 aliphatic heterocycles. The standard InChI is InChI=1S/C16H22N2O8S/c1-4-26-15(19)10-17(14(16(20)21)9-11(2)3)27(24,25)13-7-5-12(6-8-13)18(22)23/h5-8,11,14H,4,9-10H2,1-3H3,(H,20,21)/t14-/m0/s1.